The van der Waals surface area contributed by atoms with Gasteiger partial charge in [0, 0.05) is 0 Å². The van der Waals surface area contributed by atoms with Crippen LogP contribution in [0, 0.1) is 0 Å². The van der Waals surface area contributed by atoms with E-state index in [1.165, 1.54) is 0 Å². The minimum absolute atomic E-state index is 0.275. The van der Waals surface area contributed by atoms with Crippen molar-refractivity contribution >= 4 is 6.08 Å². The van der Waals surface area contributed by atoms with Gasteiger partial charge in [0.05, 0.1) is 0 Å². The lowest BCUT2D eigenvalue weighted by Crippen LogP contribution is -1.68. The molecule has 0 N–H and O–H groups in total. The molecule has 0 saturated carbocycles. The largest absolute Gasteiger partial charge is 0.266 e. The first-order valence-corrected chi connectivity index (χ1v) is 4.02. The first-order valence-electron chi connectivity index (χ1n) is 4.02. The van der Waals surface area contributed by atoms with Crippen LogP contribution in [-0.4, -0.2) is 0 Å². The first kappa shape index (κ1) is 9.65. The Morgan fingerprint density at radius 1 is 1.15 bits per heavy atom. The number of allylic oxidation sites excluding steroid dienone is 2. The van der Waals surface area contributed by atoms with E-state index in [1.54, 1.807) is 6.08 Å². The molecular formula is C11H10F2. The molecule has 0 aromatic heterocycles. The summed E-state index contributed by atoms with van der Waals surface area (Å²) >= 11 is 0. The fourth-order valence-electron chi connectivity index (χ4n) is 0.925. The quantitative estimate of drug-likeness (QED) is 0.662. The van der Waals surface area contributed by atoms with Gasteiger partial charge in [-0.1, -0.05) is 42.5 Å². The first-order chi connectivity index (χ1) is 6.29. The number of rotatable bonds is 3. The van der Waals surface area contributed by atoms with E-state index in [9.17, 15) is 8.78 Å². The molecule has 0 unspecified atom stereocenters. The van der Waals surface area contributed by atoms with Gasteiger partial charge in [0.1, 0.15) is 0 Å². The van der Waals surface area contributed by atoms with Crippen molar-refractivity contribution in [2.24, 2.45) is 0 Å². The molecule has 1 aromatic carbocycles. The van der Waals surface area contributed by atoms with Crippen molar-refractivity contribution in [3.63, 3.8) is 0 Å². The Balaban J connectivity index is 2.46. The van der Waals surface area contributed by atoms with Crippen molar-refractivity contribution in [3.8, 4) is 0 Å². The van der Waals surface area contributed by atoms with Gasteiger partial charge in [-0.15, -0.1) is 0 Å². The average Bonchev–Trinajstić information content (AvgIpc) is 2.14. The highest BCUT2D eigenvalue weighted by atomic mass is 19.3. The zero-order valence-electron chi connectivity index (χ0n) is 7.08. The number of benzene rings is 1. The van der Waals surface area contributed by atoms with Crippen LogP contribution in [0.5, 0.6) is 0 Å². The lowest BCUT2D eigenvalue weighted by molar-refractivity contribution is 0.419. The number of hydrogen-bond donors (Lipinski definition) is 0. The molecule has 1 aromatic rings. The van der Waals surface area contributed by atoms with E-state index in [-0.39, 0.29) is 6.42 Å². The van der Waals surface area contributed by atoms with Gasteiger partial charge in [-0.3, -0.25) is 0 Å². The van der Waals surface area contributed by atoms with Crippen molar-refractivity contribution in [1.82, 2.24) is 0 Å². The summed E-state index contributed by atoms with van der Waals surface area (Å²) in [6.45, 7) is 0. The molecule has 2 heteroatoms. The van der Waals surface area contributed by atoms with Crippen molar-refractivity contribution < 1.29 is 8.78 Å². The Morgan fingerprint density at radius 2 is 1.85 bits per heavy atom. The third-order valence-corrected chi connectivity index (χ3v) is 1.52. The number of halogens is 2. The van der Waals surface area contributed by atoms with Crippen LogP contribution in [0.3, 0.4) is 0 Å². The SMILES string of the molecule is FC(F)=CC/C=C/c1ccccc1. The summed E-state index contributed by atoms with van der Waals surface area (Å²) < 4.78 is 23.2. The molecule has 0 radical (unpaired) electrons. The summed E-state index contributed by atoms with van der Waals surface area (Å²) in [5.74, 6) is 0. The highest BCUT2D eigenvalue weighted by molar-refractivity contribution is 5.48. The second kappa shape index (κ2) is 5.25. The van der Waals surface area contributed by atoms with E-state index in [0.717, 1.165) is 11.6 Å². The molecule has 0 spiro atoms. The molecule has 0 amide bonds. The smallest absolute Gasteiger partial charge is 0.174 e. The average molecular weight is 180 g/mol. The zero-order valence-corrected chi connectivity index (χ0v) is 7.08. The molecule has 0 nitrogen and oxygen atoms in total. The van der Waals surface area contributed by atoms with E-state index >= 15 is 0 Å². The summed E-state index contributed by atoms with van der Waals surface area (Å²) in [6.07, 6.45) is 3.06. The molecule has 1 rings (SSSR count). The van der Waals surface area contributed by atoms with E-state index in [2.05, 4.69) is 0 Å². The van der Waals surface area contributed by atoms with Crippen molar-refractivity contribution in [2.75, 3.05) is 0 Å². The van der Waals surface area contributed by atoms with Gasteiger partial charge < -0.3 is 0 Å². The maximum absolute atomic E-state index is 11.6. The van der Waals surface area contributed by atoms with Gasteiger partial charge in [-0.2, -0.15) is 8.78 Å². The lowest BCUT2D eigenvalue weighted by Gasteiger charge is -1.89. The second-order valence-corrected chi connectivity index (χ2v) is 2.54. The topological polar surface area (TPSA) is 0 Å². The molecular weight excluding hydrogens is 170 g/mol. The maximum Gasteiger partial charge on any atom is 0.266 e. The summed E-state index contributed by atoms with van der Waals surface area (Å²) in [5.41, 5.74) is 1.02. The fourth-order valence-corrected chi connectivity index (χ4v) is 0.925. The highest BCUT2D eigenvalue weighted by Gasteiger charge is 1.84. The van der Waals surface area contributed by atoms with Crippen molar-refractivity contribution in [1.29, 1.82) is 0 Å². The molecule has 0 bridgehead atoms. The maximum atomic E-state index is 11.6. The van der Waals surface area contributed by atoms with Gasteiger partial charge >= 0.3 is 0 Å². The standard InChI is InChI=1S/C11H10F2/c12-11(13)9-5-4-8-10-6-2-1-3-7-10/h1-4,6-9H,5H2/b8-4+. The molecule has 0 aliphatic rings. The van der Waals surface area contributed by atoms with Gasteiger partial charge in [-0.05, 0) is 18.1 Å². The lowest BCUT2D eigenvalue weighted by atomic mass is 10.2. The Hall–Kier alpha value is -1.44. The minimum Gasteiger partial charge on any atom is -0.174 e. The molecule has 0 atom stereocenters. The minimum atomic E-state index is -1.63. The Morgan fingerprint density at radius 3 is 2.46 bits per heavy atom. The summed E-state index contributed by atoms with van der Waals surface area (Å²) in [4.78, 5) is 0. The Bertz CT molecular complexity index is 295. The molecule has 68 valence electrons. The molecule has 0 heterocycles. The van der Waals surface area contributed by atoms with Crippen LogP contribution in [0.4, 0.5) is 8.78 Å². The van der Waals surface area contributed by atoms with Gasteiger partial charge in [0.25, 0.3) is 6.08 Å². The second-order valence-electron chi connectivity index (χ2n) is 2.54. The predicted molar refractivity (Wildman–Crippen MR) is 50.4 cm³/mol. The molecule has 0 aliphatic carbocycles. The van der Waals surface area contributed by atoms with Crippen LogP contribution in [0.2, 0.25) is 0 Å². The van der Waals surface area contributed by atoms with Crippen LogP contribution in [0.25, 0.3) is 6.08 Å². The van der Waals surface area contributed by atoms with Crippen molar-refractivity contribution in [3.05, 3.63) is 54.1 Å². The Labute approximate surface area is 76.2 Å². The van der Waals surface area contributed by atoms with E-state index in [1.807, 2.05) is 36.4 Å². The summed E-state index contributed by atoms with van der Waals surface area (Å²) in [5, 5.41) is 0. The van der Waals surface area contributed by atoms with Crippen molar-refractivity contribution in [2.45, 2.75) is 6.42 Å². The number of hydrogen-bond acceptors (Lipinski definition) is 0. The van der Waals surface area contributed by atoms with Gasteiger partial charge in [0.15, 0.2) is 0 Å². The van der Waals surface area contributed by atoms with Crippen LogP contribution in [0.15, 0.2) is 48.6 Å². The summed E-state index contributed by atoms with van der Waals surface area (Å²) in [7, 11) is 0. The third-order valence-electron chi connectivity index (χ3n) is 1.52. The molecule has 0 fully saturated rings. The van der Waals surface area contributed by atoms with Gasteiger partial charge in [0.2, 0.25) is 0 Å². The monoisotopic (exact) mass is 180 g/mol. The highest BCUT2D eigenvalue weighted by Crippen LogP contribution is 2.04. The van der Waals surface area contributed by atoms with Crippen LogP contribution >= 0.6 is 0 Å². The Kier molecular flexibility index (Phi) is 3.89. The predicted octanol–water partition coefficient (Wildman–Crippen LogP) is 3.87. The zero-order chi connectivity index (χ0) is 9.52. The van der Waals surface area contributed by atoms with Crippen LogP contribution in [-0.2, 0) is 0 Å². The third kappa shape index (κ3) is 4.21. The normalized spacial score (nSPS) is 10.3. The molecule has 13 heavy (non-hydrogen) atoms. The van der Waals surface area contributed by atoms with Crippen LogP contribution < -0.4 is 0 Å². The van der Waals surface area contributed by atoms with Crippen LogP contribution in [0.1, 0.15) is 12.0 Å². The molecule has 0 saturated heterocycles. The van der Waals surface area contributed by atoms with E-state index < -0.39 is 6.08 Å². The van der Waals surface area contributed by atoms with E-state index in [0.29, 0.717) is 0 Å². The van der Waals surface area contributed by atoms with E-state index in [4.69, 9.17) is 0 Å². The fraction of sp³-hybridized carbons (Fsp3) is 0.0909. The summed E-state index contributed by atoms with van der Waals surface area (Å²) in [6, 6.07) is 9.58. The molecule has 0 aliphatic heterocycles. The van der Waals surface area contributed by atoms with Gasteiger partial charge in [-0.25, -0.2) is 0 Å².